The van der Waals surface area contributed by atoms with Gasteiger partial charge in [0, 0.05) is 43.1 Å². The van der Waals surface area contributed by atoms with E-state index in [4.69, 9.17) is 16.3 Å². The first-order valence-corrected chi connectivity index (χ1v) is 15.5. The third kappa shape index (κ3) is 5.46. The van der Waals surface area contributed by atoms with Crippen molar-refractivity contribution in [1.29, 1.82) is 0 Å². The number of halogens is 1. The van der Waals surface area contributed by atoms with E-state index in [0.717, 1.165) is 37.3 Å². The number of piperazine rings is 1. The van der Waals surface area contributed by atoms with Crippen LogP contribution in [0.3, 0.4) is 0 Å². The van der Waals surface area contributed by atoms with Crippen molar-refractivity contribution in [3.05, 3.63) is 90.6 Å². The molecule has 2 saturated heterocycles. The molecule has 4 heterocycles. The Kier molecular flexibility index (Phi) is 8.12. The van der Waals surface area contributed by atoms with Crippen LogP contribution in [0, 0.1) is 0 Å². The Balaban J connectivity index is 1.09. The monoisotopic (exact) mass is 637 g/mol. The number of pyridine rings is 1. The summed E-state index contributed by atoms with van der Waals surface area (Å²) in [6, 6.07) is 23.9. The van der Waals surface area contributed by atoms with E-state index in [2.05, 4.69) is 32.1 Å². The van der Waals surface area contributed by atoms with Gasteiger partial charge in [-0.25, -0.2) is 0 Å². The highest BCUT2D eigenvalue weighted by molar-refractivity contribution is 6.37. The third-order valence-electron chi connectivity index (χ3n) is 8.61. The molecule has 2 aliphatic heterocycles. The lowest BCUT2D eigenvalue weighted by Crippen LogP contribution is -2.56. The van der Waals surface area contributed by atoms with Crippen LogP contribution in [0.2, 0.25) is 0 Å². The minimum Gasteiger partial charge on any atom is -0.493 e. The number of benzene rings is 3. The lowest BCUT2D eigenvalue weighted by atomic mass is 9.91. The first kappa shape index (κ1) is 29.8. The number of aromatic hydroxyl groups is 1. The number of rotatable bonds is 8. The number of ether oxygens (including phenoxy) is 1. The Labute approximate surface area is 270 Å². The number of azo groups is 1. The number of hydrogen-bond donors (Lipinski definition) is 1. The van der Waals surface area contributed by atoms with Gasteiger partial charge in [-0.1, -0.05) is 48.5 Å². The molecule has 0 spiro atoms. The van der Waals surface area contributed by atoms with E-state index < -0.39 is 17.9 Å². The zero-order valence-electron chi connectivity index (χ0n) is 25.2. The predicted molar refractivity (Wildman–Crippen MR) is 176 cm³/mol. The molecule has 0 radical (unpaired) electrons. The summed E-state index contributed by atoms with van der Waals surface area (Å²) in [4.78, 5) is 36.5. The van der Waals surface area contributed by atoms with Crippen LogP contribution in [0.1, 0.15) is 11.6 Å². The van der Waals surface area contributed by atoms with Gasteiger partial charge >= 0.3 is 5.91 Å². The lowest BCUT2D eigenvalue weighted by molar-refractivity contribution is -0.123. The van der Waals surface area contributed by atoms with Gasteiger partial charge in [0.1, 0.15) is 16.6 Å². The highest BCUT2D eigenvalue weighted by Crippen LogP contribution is 2.45. The molecule has 7 rings (SSSR count). The molecule has 0 bridgehead atoms. The third-order valence-corrected chi connectivity index (χ3v) is 9.03. The molecule has 2 unspecified atom stereocenters. The summed E-state index contributed by atoms with van der Waals surface area (Å²) in [5.74, 6) is -0.508. The minimum absolute atomic E-state index is 0.0445. The molecular formula is C34H32ClN7O4. The van der Waals surface area contributed by atoms with Gasteiger partial charge in [-0.3, -0.25) is 24.0 Å². The van der Waals surface area contributed by atoms with Crippen molar-refractivity contribution in [2.45, 2.75) is 18.1 Å². The molecule has 1 N–H and O–H groups in total. The average molecular weight is 638 g/mol. The molecule has 12 heteroatoms. The van der Waals surface area contributed by atoms with Gasteiger partial charge in [-0.2, -0.15) is 0 Å². The Bertz CT molecular complexity index is 1960. The summed E-state index contributed by atoms with van der Waals surface area (Å²) < 4.78 is 7.67. The van der Waals surface area contributed by atoms with E-state index >= 15 is 0 Å². The van der Waals surface area contributed by atoms with Gasteiger partial charge in [0.15, 0.2) is 12.3 Å². The van der Waals surface area contributed by atoms with Crippen LogP contribution in [0.15, 0.2) is 95.3 Å². The molecule has 2 fully saturated rings. The zero-order valence-corrected chi connectivity index (χ0v) is 25.9. The Hall–Kier alpha value is -4.84. The number of carbonyl (C=O) groups is 2. The smallest absolute Gasteiger partial charge is 0.302 e. The van der Waals surface area contributed by atoms with E-state index in [1.54, 1.807) is 33.9 Å². The minimum atomic E-state index is -0.673. The number of anilines is 1. The fourth-order valence-electron chi connectivity index (χ4n) is 6.13. The standard InChI is InChI=1S/C34H32ClN7O4/c1-39-16-18-40(19-17-39)21-41-25-12-6-5-10-23(25)31(34(41)45)38-37-28(43)20-46-27-14-13-26(24-11-7-15-36-30(24)27)42-32(29(35)33(42)44)22-8-3-2-4-9-22/h2-15,29,32,45H,16-21H2,1H3. The van der Waals surface area contributed by atoms with Crippen LogP contribution in [0.25, 0.3) is 21.8 Å². The largest absolute Gasteiger partial charge is 0.493 e. The highest BCUT2D eigenvalue weighted by atomic mass is 35.5. The molecule has 2 amide bonds. The van der Waals surface area contributed by atoms with Crippen molar-refractivity contribution in [3.63, 3.8) is 0 Å². The van der Waals surface area contributed by atoms with Gasteiger partial charge < -0.3 is 19.6 Å². The van der Waals surface area contributed by atoms with Gasteiger partial charge in [-0.05, 0) is 42.9 Å². The molecule has 2 aliphatic rings. The van der Waals surface area contributed by atoms with Crippen LogP contribution in [0.5, 0.6) is 11.6 Å². The van der Waals surface area contributed by atoms with Gasteiger partial charge in [0.2, 0.25) is 11.8 Å². The second kappa shape index (κ2) is 12.5. The molecule has 0 aliphatic carbocycles. The quantitative estimate of drug-likeness (QED) is 0.136. The van der Waals surface area contributed by atoms with Crippen molar-refractivity contribution in [2.75, 3.05) is 44.7 Å². The number of amides is 2. The predicted octanol–water partition coefficient (Wildman–Crippen LogP) is 5.48. The summed E-state index contributed by atoms with van der Waals surface area (Å²) in [7, 11) is 2.10. The van der Waals surface area contributed by atoms with Crippen molar-refractivity contribution >= 4 is 56.6 Å². The fourth-order valence-corrected chi connectivity index (χ4v) is 6.49. The molecule has 234 valence electrons. The number of para-hydroxylation sites is 1. The van der Waals surface area contributed by atoms with Crippen LogP contribution in [0.4, 0.5) is 11.4 Å². The number of likely N-dealkylation sites (N-methyl/N-ethyl adjacent to an activating group) is 1. The SMILES string of the molecule is CN1CCN(Cn2c(O)c(N=NC(=O)COc3ccc(N4C(=O)C(Cl)C4c4ccccc4)c4cccnc34)c3ccccc32)CC1. The number of alkyl halides is 1. The number of aromatic nitrogens is 2. The molecule has 46 heavy (non-hydrogen) atoms. The maximum Gasteiger partial charge on any atom is 0.302 e. The Morgan fingerprint density at radius 2 is 1.72 bits per heavy atom. The number of β-lactam (4-membered cyclic amide) rings is 1. The molecule has 5 aromatic rings. The second-order valence-corrected chi connectivity index (χ2v) is 12.0. The van der Waals surface area contributed by atoms with Crippen molar-refractivity contribution < 1.29 is 19.4 Å². The first-order valence-electron chi connectivity index (χ1n) is 15.1. The maximum absolute atomic E-state index is 12.9. The topological polar surface area (TPSA) is 116 Å². The van der Waals surface area contributed by atoms with Gasteiger partial charge in [0.25, 0.3) is 0 Å². The average Bonchev–Trinajstić information content (AvgIpc) is 3.35. The van der Waals surface area contributed by atoms with E-state index in [9.17, 15) is 14.7 Å². The van der Waals surface area contributed by atoms with Crippen LogP contribution in [-0.4, -0.2) is 81.5 Å². The number of hydrogen-bond acceptors (Lipinski definition) is 8. The summed E-state index contributed by atoms with van der Waals surface area (Å²) in [6.45, 7) is 3.78. The first-order chi connectivity index (χ1) is 22.4. The summed E-state index contributed by atoms with van der Waals surface area (Å²) in [5.41, 5.74) is 3.13. The van der Waals surface area contributed by atoms with Crippen molar-refractivity contribution in [3.8, 4) is 11.6 Å². The highest BCUT2D eigenvalue weighted by Gasteiger charge is 2.48. The lowest BCUT2D eigenvalue weighted by Gasteiger charge is -2.45. The van der Waals surface area contributed by atoms with Crippen LogP contribution < -0.4 is 9.64 Å². The van der Waals surface area contributed by atoms with E-state index in [1.807, 2.05) is 60.7 Å². The van der Waals surface area contributed by atoms with E-state index in [-0.39, 0.29) is 23.5 Å². The van der Waals surface area contributed by atoms with E-state index in [1.165, 1.54) is 0 Å². The number of carbonyl (C=O) groups excluding carboxylic acids is 2. The summed E-state index contributed by atoms with van der Waals surface area (Å²) >= 11 is 6.47. The normalized spacial score (nSPS) is 19.3. The van der Waals surface area contributed by atoms with Gasteiger partial charge in [-0.15, -0.1) is 21.8 Å². The van der Waals surface area contributed by atoms with Gasteiger partial charge in [0.05, 0.1) is 23.9 Å². The zero-order chi connectivity index (χ0) is 31.8. The molecule has 2 atom stereocenters. The summed E-state index contributed by atoms with van der Waals surface area (Å²) in [6.07, 6.45) is 1.62. The molecule has 0 saturated carbocycles. The number of fused-ring (bicyclic) bond motifs is 2. The molecule has 11 nitrogen and oxygen atoms in total. The Morgan fingerprint density at radius 3 is 2.52 bits per heavy atom. The van der Waals surface area contributed by atoms with Crippen molar-refractivity contribution in [1.82, 2.24) is 19.4 Å². The molecule has 3 aromatic carbocycles. The second-order valence-electron chi connectivity index (χ2n) is 11.5. The molecular weight excluding hydrogens is 606 g/mol. The Morgan fingerprint density at radius 1 is 0.978 bits per heavy atom. The van der Waals surface area contributed by atoms with Crippen LogP contribution >= 0.6 is 11.6 Å². The van der Waals surface area contributed by atoms with Crippen molar-refractivity contribution in [2.24, 2.45) is 10.2 Å². The maximum atomic E-state index is 12.9. The van der Waals surface area contributed by atoms with Crippen LogP contribution in [-0.2, 0) is 16.3 Å². The fraction of sp³-hybridized carbons (Fsp3) is 0.265. The number of nitrogens with zero attached hydrogens (tertiary/aromatic N) is 7. The molecule has 2 aromatic heterocycles. The summed E-state index contributed by atoms with van der Waals surface area (Å²) in [5, 5.41) is 19.9. The van der Waals surface area contributed by atoms with E-state index in [0.29, 0.717) is 34.4 Å².